The molecule has 0 saturated carbocycles. The lowest BCUT2D eigenvalue weighted by atomic mass is 9.59. The van der Waals surface area contributed by atoms with Crippen molar-refractivity contribution in [3.05, 3.63) is 34.9 Å². The van der Waals surface area contributed by atoms with Crippen molar-refractivity contribution in [1.29, 1.82) is 0 Å². The predicted molar refractivity (Wildman–Crippen MR) is 85.1 cm³/mol. The molecule has 0 aromatic heterocycles. The minimum atomic E-state index is 0.341. The van der Waals surface area contributed by atoms with Gasteiger partial charge in [-0.25, -0.2) is 0 Å². The van der Waals surface area contributed by atoms with Gasteiger partial charge in [-0.1, -0.05) is 59.7 Å². The van der Waals surface area contributed by atoms with E-state index >= 15 is 0 Å². The summed E-state index contributed by atoms with van der Waals surface area (Å²) < 4.78 is 0. The molecule has 0 fully saturated rings. The zero-order chi connectivity index (χ0) is 14.3. The SMILES string of the molecule is CCC1(CC)CCC(C)(C)c2cc(C(C)C)ccc21. The molecule has 1 aromatic carbocycles. The van der Waals surface area contributed by atoms with Crippen LogP contribution in [-0.4, -0.2) is 0 Å². The second-order valence-electron chi connectivity index (χ2n) is 7.33. The number of rotatable bonds is 3. The fourth-order valence-corrected chi connectivity index (χ4v) is 3.75. The summed E-state index contributed by atoms with van der Waals surface area (Å²) in [6.07, 6.45) is 5.21. The Morgan fingerprint density at radius 1 is 1.00 bits per heavy atom. The van der Waals surface area contributed by atoms with Crippen LogP contribution in [0.5, 0.6) is 0 Å². The van der Waals surface area contributed by atoms with Crippen LogP contribution in [0.1, 0.15) is 89.8 Å². The molecule has 0 N–H and O–H groups in total. The summed E-state index contributed by atoms with van der Waals surface area (Å²) in [6, 6.07) is 7.31. The molecule has 2 rings (SSSR count). The third-order valence-electron chi connectivity index (χ3n) is 5.59. The predicted octanol–water partition coefficient (Wildman–Crippen LogP) is 5.94. The van der Waals surface area contributed by atoms with Crippen LogP contribution in [0.2, 0.25) is 0 Å². The maximum atomic E-state index is 2.50. The summed E-state index contributed by atoms with van der Waals surface area (Å²) in [6.45, 7) is 14.2. The summed E-state index contributed by atoms with van der Waals surface area (Å²) in [7, 11) is 0. The molecule has 0 atom stereocenters. The Kier molecular flexibility index (Phi) is 3.82. The summed E-state index contributed by atoms with van der Waals surface area (Å²) in [5, 5.41) is 0. The monoisotopic (exact) mass is 258 g/mol. The lowest BCUT2D eigenvalue weighted by Gasteiger charge is -2.45. The Labute approximate surface area is 119 Å². The molecule has 1 aromatic rings. The van der Waals surface area contributed by atoms with Crippen LogP contribution in [-0.2, 0) is 10.8 Å². The highest BCUT2D eigenvalue weighted by atomic mass is 14.4. The van der Waals surface area contributed by atoms with Gasteiger partial charge in [0.2, 0.25) is 0 Å². The van der Waals surface area contributed by atoms with Crippen LogP contribution in [0.15, 0.2) is 18.2 Å². The van der Waals surface area contributed by atoms with E-state index in [0.717, 1.165) is 0 Å². The lowest BCUT2D eigenvalue weighted by molar-refractivity contribution is 0.276. The van der Waals surface area contributed by atoms with Gasteiger partial charge in [0, 0.05) is 0 Å². The average molecular weight is 258 g/mol. The zero-order valence-electron chi connectivity index (χ0n) is 13.6. The number of hydrogen-bond donors (Lipinski definition) is 0. The van der Waals surface area contributed by atoms with E-state index in [1.165, 1.54) is 31.2 Å². The van der Waals surface area contributed by atoms with Crippen molar-refractivity contribution in [3.63, 3.8) is 0 Å². The fraction of sp³-hybridized carbons (Fsp3) is 0.684. The molecular formula is C19H30. The van der Waals surface area contributed by atoms with E-state index in [9.17, 15) is 0 Å². The molecule has 0 unspecified atom stereocenters. The number of benzene rings is 1. The highest BCUT2D eigenvalue weighted by Crippen LogP contribution is 2.49. The maximum Gasteiger partial charge on any atom is -0.00489 e. The summed E-state index contributed by atoms with van der Waals surface area (Å²) in [4.78, 5) is 0. The highest BCUT2D eigenvalue weighted by Gasteiger charge is 2.40. The number of fused-ring (bicyclic) bond motifs is 1. The van der Waals surface area contributed by atoms with E-state index in [1.54, 1.807) is 11.1 Å². The van der Waals surface area contributed by atoms with Crippen LogP contribution in [0.4, 0.5) is 0 Å². The molecule has 0 aliphatic heterocycles. The first-order valence-corrected chi connectivity index (χ1v) is 8.01. The van der Waals surface area contributed by atoms with Gasteiger partial charge >= 0.3 is 0 Å². The van der Waals surface area contributed by atoms with Gasteiger partial charge in [0.15, 0.2) is 0 Å². The van der Waals surface area contributed by atoms with Crippen LogP contribution < -0.4 is 0 Å². The Bertz CT molecular complexity index is 447. The maximum absolute atomic E-state index is 2.50. The summed E-state index contributed by atoms with van der Waals surface area (Å²) >= 11 is 0. The Morgan fingerprint density at radius 2 is 1.63 bits per heavy atom. The molecule has 0 nitrogen and oxygen atoms in total. The van der Waals surface area contributed by atoms with Gasteiger partial charge < -0.3 is 0 Å². The van der Waals surface area contributed by atoms with Crippen molar-refractivity contribution >= 4 is 0 Å². The van der Waals surface area contributed by atoms with E-state index in [1.807, 2.05) is 0 Å². The van der Waals surface area contributed by atoms with Crippen molar-refractivity contribution in [2.45, 2.75) is 84.0 Å². The molecule has 1 aliphatic rings. The lowest BCUT2D eigenvalue weighted by Crippen LogP contribution is -2.37. The molecule has 0 heterocycles. The Balaban J connectivity index is 2.62. The zero-order valence-corrected chi connectivity index (χ0v) is 13.6. The topological polar surface area (TPSA) is 0 Å². The largest absolute Gasteiger partial charge is 0.0645 e. The van der Waals surface area contributed by atoms with Gasteiger partial charge in [0.05, 0.1) is 0 Å². The summed E-state index contributed by atoms with van der Waals surface area (Å²) in [5.41, 5.74) is 5.52. The molecule has 19 heavy (non-hydrogen) atoms. The number of hydrogen-bond acceptors (Lipinski definition) is 0. The van der Waals surface area contributed by atoms with Crippen molar-refractivity contribution in [2.75, 3.05) is 0 Å². The Morgan fingerprint density at radius 3 is 2.16 bits per heavy atom. The molecule has 0 spiro atoms. The van der Waals surface area contributed by atoms with Crippen molar-refractivity contribution in [2.24, 2.45) is 0 Å². The van der Waals surface area contributed by atoms with Gasteiger partial charge in [0.1, 0.15) is 0 Å². The standard InChI is InChI=1S/C19H30/c1-7-19(8-2)12-11-18(5,6)17-13-15(14(3)4)9-10-16(17)19/h9-10,13-14H,7-8,11-12H2,1-6H3. The van der Waals surface area contributed by atoms with E-state index in [2.05, 4.69) is 59.7 Å². The second kappa shape index (κ2) is 4.96. The van der Waals surface area contributed by atoms with Gasteiger partial charge in [-0.15, -0.1) is 0 Å². The van der Waals surface area contributed by atoms with Crippen molar-refractivity contribution < 1.29 is 0 Å². The molecule has 0 bridgehead atoms. The molecule has 0 heteroatoms. The molecule has 0 radical (unpaired) electrons. The van der Waals surface area contributed by atoms with Gasteiger partial charge in [-0.05, 0) is 59.1 Å². The second-order valence-corrected chi connectivity index (χ2v) is 7.33. The van der Waals surface area contributed by atoms with Gasteiger partial charge in [-0.2, -0.15) is 0 Å². The molecule has 106 valence electrons. The molecule has 0 amide bonds. The van der Waals surface area contributed by atoms with Crippen LogP contribution in [0.25, 0.3) is 0 Å². The Hall–Kier alpha value is -0.780. The first-order chi connectivity index (χ1) is 8.86. The van der Waals surface area contributed by atoms with E-state index in [-0.39, 0.29) is 0 Å². The van der Waals surface area contributed by atoms with Crippen LogP contribution in [0, 0.1) is 0 Å². The van der Waals surface area contributed by atoms with Crippen LogP contribution in [0.3, 0.4) is 0 Å². The molecular weight excluding hydrogens is 228 g/mol. The van der Waals surface area contributed by atoms with Crippen molar-refractivity contribution in [3.8, 4) is 0 Å². The molecule has 1 aliphatic carbocycles. The normalized spacial score (nSPS) is 20.4. The smallest absolute Gasteiger partial charge is 0.00489 e. The van der Waals surface area contributed by atoms with E-state index < -0.39 is 0 Å². The third kappa shape index (κ3) is 2.35. The molecule has 0 saturated heterocycles. The summed E-state index contributed by atoms with van der Waals surface area (Å²) in [5.74, 6) is 0.626. The minimum Gasteiger partial charge on any atom is -0.0645 e. The quantitative estimate of drug-likeness (QED) is 0.629. The fourth-order valence-electron chi connectivity index (χ4n) is 3.75. The van der Waals surface area contributed by atoms with Gasteiger partial charge in [0.25, 0.3) is 0 Å². The van der Waals surface area contributed by atoms with E-state index in [0.29, 0.717) is 16.7 Å². The van der Waals surface area contributed by atoms with Gasteiger partial charge in [-0.3, -0.25) is 0 Å². The first kappa shape index (κ1) is 14.6. The van der Waals surface area contributed by atoms with Crippen molar-refractivity contribution in [1.82, 2.24) is 0 Å². The minimum absolute atomic E-state index is 0.341. The average Bonchev–Trinajstić information content (AvgIpc) is 2.39. The third-order valence-corrected chi connectivity index (χ3v) is 5.59. The van der Waals surface area contributed by atoms with E-state index in [4.69, 9.17) is 0 Å². The first-order valence-electron chi connectivity index (χ1n) is 8.01. The van der Waals surface area contributed by atoms with Crippen LogP contribution >= 0.6 is 0 Å². The highest BCUT2D eigenvalue weighted by molar-refractivity contribution is 5.45.